The van der Waals surface area contributed by atoms with Crippen molar-refractivity contribution < 1.29 is 33.7 Å². The van der Waals surface area contributed by atoms with Gasteiger partial charge in [-0.25, -0.2) is 38.7 Å². The molecule has 0 atom stereocenters. The van der Waals surface area contributed by atoms with Crippen molar-refractivity contribution in [3.8, 4) is 0 Å². The molecule has 2 heterocycles. The van der Waals surface area contributed by atoms with Gasteiger partial charge in [-0.05, 0) is 37.1 Å². The summed E-state index contributed by atoms with van der Waals surface area (Å²) in [6.07, 6.45) is 10.3. The smallest absolute Gasteiger partial charge is 0.262 e. The van der Waals surface area contributed by atoms with Crippen molar-refractivity contribution in [3.63, 3.8) is 0 Å². The van der Waals surface area contributed by atoms with Crippen LogP contribution >= 0.6 is 0 Å². The minimum Gasteiger partial charge on any atom is -0.307 e. The van der Waals surface area contributed by atoms with Crippen LogP contribution in [0.4, 0.5) is 17.3 Å². The van der Waals surface area contributed by atoms with Gasteiger partial charge < -0.3 is 4.90 Å². The van der Waals surface area contributed by atoms with Crippen molar-refractivity contribution in [1.29, 1.82) is 0 Å². The molecule has 1 aliphatic rings. The number of sulfone groups is 2. The highest BCUT2D eigenvalue weighted by Gasteiger charge is 2.39. The van der Waals surface area contributed by atoms with Crippen LogP contribution in [0, 0.1) is 0 Å². The molecule has 0 aliphatic heterocycles. The van der Waals surface area contributed by atoms with E-state index in [0.29, 0.717) is 35.2 Å². The second kappa shape index (κ2) is 11.2. The van der Waals surface area contributed by atoms with Crippen LogP contribution in [0.3, 0.4) is 0 Å². The Labute approximate surface area is 233 Å². The van der Waals surface area contributed by atoms with Crippen LogP contribution < -0.4 is 8.61 Å². The Morgan fingerprint density at radius 2 is 1.30 bits per heavy atom. The predicted molar refractivity (Wildman–Crippen MR) is 151 cm³/mol. The van der Waals surface area contributed by atoms with Gasteiger partial charge in [0.05, 0.1) is 17.3 Å². The van der Waals surface area contributed by atoms with Gasteiger partial charge in [0.2, 0.25) is 5.95 Å². The number of fused-ring (bicyclic) bond motifs is 1. The fourth-order valence-electron chi connectivity index (χ4n) is 4.72. The van der Waals surface area contributed by atoms with Gasteiger partial charge in [0.15, 0.2) is 35.5 Å². The Morgan fingerprint density at radius 3 is 1.82 bits per heavy atom. The third-order valence-electron chi connectivity index (χ3n) is 6.15. The maximum absolute atomic E-state index is 13.0. The highest BCUT2D eigenvalue weighted by atomic mass is 32.3. The summed E-state index contributed by atoms with van der Waals surface area (Å²) in [6, 6.07) is 5.31. The maximum Gasteiger partial charge on any atom is 0.262 e. The van der Waals surface area contributed by atoms with E-state index in [4.69, 9.17) is 0 Å². The molecule has 0 spiro atoms. The number of hydrogen-bond donors (Lipinski definition) is 1. The third kappa shape index (κ3) is 7.27. The Morgan fingerprint density at radius 1 is 0.775 bits per heavy atom. The maximum atomic E-state index is 13.0. The highest BCUT2D eigenvalue weighted by Crippen LogP contribution is 2.34. The van der Waals surface area contributed by atoms with Crippen LogP contribution in [0.25, 0.3) is 11.0 Å². The molecule has 1 N–H and O–H groups in total. The van der Waals surface area contributed by atoms with Gasteiger partial charge in [-0.2, -0.15) is 13.8 Å². The Kier molecular flexibility index (Phi) is 8.45. The fourth-order valence-corrected chi connectivity index (χ4v) is 12.9. The van der Waals surface area contributed by atoms with E-state index >= 15 is 0 Å². The molecule has 1 fully saturated rings. The number of hydrogen-bond acceptors (Lipinski definition) is 12. The molecule has 1 aliphatic carbocycles. The first kappa shape index (κ1) is 30.1. The number of benzene rings is 1. The van der Waals surface area contributed by atoms with E-state index in [2.05, 4.69) is 20.2 Å². The summed E-state index contributed by atoms with van der Waals surface area (Å²) in [5, 5.41) is 4.44. The van der Waals surface area contributed by atoms with Crippen LogP contribution in [0.1, 0.15) is 38.5 Å². The number of nitrogens with zero attached hydrogens (tertiary/aromatic N) is 5. The Hall–Kier alpha value is -2.83. The van der Waals surface area contributed by atoms with Gasteiger partial charge in [0.1, 0.15) is 0 Å². The summed E-state index contributed by atoms with van der Waals surface area (Å²) in [4.78, 5) is 11.0. The van der Waals surface area contributed by atoms with Crippen molar-refractivity contribution in [2.24, 2.45) is 0 Å². The van der Waals surface area contributed by atoms with E-state index in [9.17, 15) is 33.7 Å². The average Bonchev–Trinajstić information content (AvgIpc) is 3.10. The third-order valence-corrected chi connectivity index (χ3v) is 14.8. The highest BCUT2D eigenvalue weighted by molar-refractivity contribution is 8.19. The van der Waals surface area contributed by atoms with E-state index in [-0.39, 0.29) is 9.75 Å². The Bertz CT molecular complexity index is 1730. The van der Waals surface area contributed by atoms with Crippen molar-refractivity contribution in [2.45, 2.75) is 44.6 Å². The standard InChI is InChI=1S/C22H30N6O8S4/c1-37(29,30)15-39(33,34)28(40(35,36)16-38(2,31)32)20-11-9-19(10-12-20)27(18-7-5-3-4-6-8-18)22-23-13-17-14-24-26-21(17)25-22/h9-14,18H,3-8,15-16H2,1-2H3,(H,23,24,25,26). The minimum absolute atomic E-state index is 0.00671. The van der Waals surface area contributed by atoms with E-state index in [1.54, 1.807) is 12.4 Å². The van der Waals surface area contributed by atoms with Crippen LogP contribution in [-0.4, -0.2) is 82.6 Å². The average molecular weight is 635 g/mol. The first-order valence-electron chi connectivity index (χ1n) is 12.2. The molecule has 0 radical (unpaired) electrons. The molecule has 0 amide bonds. The first-order valence-corrected chi connectivity index (χ1v) is 19.6. The van der Waals surface area contributed by atoms with Gasteiger partial charge in [-0.15, -0.1) is 0 Å². The molecule has 220 valence electrons. The Balaban J connectivity index is 1.81. The zero-order valence-electron chi connectivity index (χ0n) is 21.8. The summed E-state index contributed by atoms with van der Waals surface area (Å²) in [7, 11) is -18.5. The first-order chi connectivity index (χ1) is 18.6. The summed E-state index contributed by atoms with van der Waals surface area (Å²) in [5.74, 6) is 0.364. The molecule has 1 aromatic carbocycles. The van der Waals surface area contributed by atoms with Gasteiger partial charge in [0, 0.05) is 30.4 Å². The SMILES string of the molecule is CS(=O)(=O)CS(=O)(=O)N(c1ccc(N(c2ncc3cn[nH]c3n2)C2CCCCCC2)cc1)S(=O)(=O)CS(C)(=O)=O. The zero-order chi connectivity index (χ0) is 29.3. The van der Waals surface area contributed by atoms with E-state index in [1.807, 2.05) is 4.90 Å². The molecule has 3 aromatic rings. The molecule has 2 aromatic heterocycles. The summed E-state index contributed by atoms with van der Waals surface area (Å²) in [6.45, 7) is 0. The molecule has 0 unspecified atom stereocenters. The predicted octanol–water partition coefficient (Wildman–Crippen LogP) is 1.68. The number of sulfonamides is 2. The molecule has 1 saturated carbocycles. The summed E-state index contributed by atoms with van der Waals surface area (Å²) >= 11 is 0. The number of H-pyrrole nitrogens is 1. The van der Waals surface area contributed by atoms with Crippen LogP contribution in [0.15, 0.2) is 36.7 Å². The lowest BCUT2D eigenvalue weighted by molar-refractivity contribution is 0.562. The summed E-state index contributed by atoms with van der Waals surface area (Å²) < 4.78 is 99.3. The molecule has 0 saturated heterocycles. The van der Waals surface area contributed by atoms with Crippen molar-refractivity contribution in [1.82, 2.24) is 20.2 Å². The van der Waals surface area contributed by atoms with E-state index < -0.39 is 55.6 Å². The van der Waals surface area contributed by atoms with Crippen LogP contribution in [0.2, 0.25) is 0 Å². The lowest BCUT2D eigenvalue weighted by atomic mass is 10.1. The van der Waals surface area contributed by atoms with Crippen molar-refractivity contribution in [3.05, 3.63) is 36.7 Å². The van der Waals surface area contributed by atoms with Crippen LogP contribution in [-0.2, 0) is 39.7 Å². The second-order valence-electron chi connectivity index (χ2n) is 9.88. The topological polar surface area (TPSA) is 197 Å². The fraction of sp³-hybridized carbons (Fsp3) is 0.500. The number of anilines is 3. The number of aromatic nitrogens is 4. The monoisotopic (exact) mass is 634 g/mol. The number of rotatable bonds is 10. The molecular weight excluding hydrogens is 605 g/mol. The van der Waals surface area contributed by atoms with Gasteiger partial charge in [-0.3, -0.25) is 5.10 Å². The van der Waals surface area contributed by atoms with Crippen molar-refractivity contribution in [2.75, 3.05) is 31.3 Å². The number of aromatic amines is 1. The second-order valence-corrected chi connectivity index (χ2v) is 18.8. The molecule has 18 heteroatoms. The molecule has 14 nitrogen and oxygen atoms in total. The van der Waals surface area contributed by atoms with Gasteiger partial charge in [-0.1, -0.05) is 25.7 Å². The van der Waals surface area contributed by atoms with E-state index in [0.717, 1.165) is 38.5 Å². The molecule has 40 heavy (non-hydrogen) atoms. The number of nitrogens with one attached hydrogen (secondary N) is 1. The largest absolute Gasteiger partial charge is 0.307 e. The van der Waals surface area contributed by atoms with Gasteiger partial charge in [0.25, 0.3) is 20.0 Å². The van der Waals surface area contributed by atoms with Crippen LogP contribution in [0.5, 0.6) is 0 Å². The molecular formula is C22H30N6O8S4. The van der Waals surface area contributed by atoms with Gasteiger partial charge >= 0.3 is 0 Å². The molecule has 4 rings (SSSR count). The normalized spacial score (nSPS) is 16.1. The molecule has 0 bridgehead atoms. The lowest BCUT2D eigenvalue weighted by Gasteiger charge is -2.32. The lowest BCUT2D eigenvalue weighted by Crippen LogP contribution is -2.42. The van der Waals surface area contributed by atoms with E-state index in [1.165, 1.54) is 24.3 Å². The summed E-state index contributed by atoms with van der Waals surface area (Å²) in [5.41, 5.74) is 0.627. The zero-order valence-corrected chi connectivity index (χ0v) is 25.1. The van der Waals surface area contributed by atoms with Crippen molar-refractivity contribution >= 4 is 68.1 Å². The quantitative estimate of drug-likeness (QED) is 0.317. The minimum atomic E-state index is -5.05.